The molecule has 32 heavy (non-hydrogen) atoms. The molecule has 1 aliphatic heterocycles. The average Bonchev–Trinajstić information content (AvgIpc) is 2.78. The van der Waals surface area contributed by atoms with Crippen molar-refractivity contribution >= 4 is 23.2 Å². The highest BCUT2D eigenvalue weighted by atomic mass is 16.5. The average molecular weight is 427 g/mol. The molecule has 0 amide bonds. The number of allylic oxidation sites excluding steroid dienone is 1. The van der Waals surface area contributed by atoms with Crippen molar-refractivity contribution in [1.82, 2.24) is 0 Å². The second kappa shape index (κ2) is 8.54. The summed E-state index contributed by atoms with van der Waals surface area (Å²) >= 11 is 0. The zero-order valence-corrected chi connectivity index (χ0v) is 19.6. The Morgan fingerprint density at radius 1 is 0.938 bits per heavy atom. The first-order chi connectivity index (χ1) is 15.3. The van der Waals surface area contributed by atoms with E-state index in [-0.39, 0.29) is 5.54 Å². The quantitative estimate of drug-likeness (QED) is 0.405. The summed E-state index contributed by atoms with van der Waals surface area (Å²) in [5.41, 5.74) is 6.50. The molecule has 0 fully saturated rings. The number of aryl methyl sites for hydroxylation is 1. The van der Waals surface area contributed by atoms with Crippen LogP contribution in [0.25, 0.3) is 5.57 Å². The fourth-order valence-corrected chi connectivity index (χ4v) is 4.01. The second-order valence-electron chi connectivity index (χ2n) is 8.77. The van der Waals surface area contributed by atoms with Crippen molar-refractivity contribution in [1.29, 1.82) is 0 Å². The topological polar surface area (TPSA) is 34.1 Å². The van der Waals surface area contributed by atoms with Gasteiger partial charge in [0.25, 0.3) is 0 Å². The Balaban J connectivity index is 1.58. The number of methoxy groups -OCH3 is 1. The SMILES string of the molecule is COc1cc2c(cc1C=Nc1ccc(Oc3ccccc3C)cc1)C(C)=CC(C)(C)N2C. The maximum Gasteiger partial charge on any atom is 0.130 e. The van der Waals surface area contributed by atoms with E-state index in [0.717, 1.165) is 34.1 Å². The van der Waals surface area contributed by atoms with Crippen LogP contribution in [0.5, 0.6) is 17.2 Å². The summed E-state index contributed by atoms with van der Waals surface area (Å²) in [6.45, 7) is 8.63. The maximum absolute atomic E-state index is 5.98. The van der Waals surface area contributed by atoms with Crippen molar-refractivity contribution in [3.05, 3.63) is 83.4 Å². The second-order valence-corrected chi connectivity index (χ2v) is 8.77. The summed E-state index contributed by atoms with van der Waals surface area (Å²) in [5.74, 6) is 2.46. The van der Waals surface area contributed by atoms with E-state index in [2.05, 4.69) is 55.9 Å². The van der Waals surface area contributed by atoms with E-state index >= 15 is 0 Å². The molecule has 1 aliphatic rings. The van der Waals surface area contributed by atoms with Crippen molar-refractivity contribution < 1.29 is 9.47 Å². The van der Waals surface area contributed by atoms with Gasteiger partial charge in [-0.2, -0.15) is 0 Å². The molecule has 4 nitrogen and oxygen atoms in total. The van der Waals surface area contributed by atoms with E-state index in [0.29, 0.717) is 0 Å². The van der Waals surface area contributed by atoms with Crippen LogP contribution in [0.2, 0.25) is 0 Å². The van der Waals surface area contributed by atoms with Crippen LogP contribution < -0.4 is 14.4 Å². The van der Waals surface area contributed by atoms with Crippen LogP contribution in [-0.4, -0.2) is 25.9 Å². The fourth-order valence-electron chi connectivity index (χ4n) is 4.01. The molecule has 0 unspecified atom stereocenters. The molecule has 0 bridgehead atoms. The number of hydrogen-bond acceptors (Lipinski definition) is 4. The van der Waals surface area contributed by atoms with Crippen LogP contribution in [0.15, 0.2) is 71.7 Å². The molecule has 0 spiro atoms. The highest BCUT2D eigenvalue weighted by Crippen LogP contribution is 2.41. The molecule has 0 aliphatic carbocycles. The summed E-state index contributed by atoms with van der Waals surface area (Å²) in [6.07, 6.45) is 4.17. The predicted octanol–water partition coefficient (Wildman–Crippen LogP) is 7.18. The van der Waals surface area contributed by atoms with E-state index in [1.54, 1.807) is 7.11 Å². The molecular weight excluding hydrogens is 396 g/mol. The molecular formula is C28H30N2O2. The van der Waals surface area contributed by atoms with E-state index in [4.69, 9.17) is 9.47 Å². The van der Waals surface area contributed by atoms with Gasteiger partial charge in [-0.25, -0.2) is 0 Å². The van der Waals surface area contributed by atoms with Crippen molar-refractivity contribution in [3.8, 4) is 17.2 Å². The smallest absolute Gasteiger partial charge is 0.130 e. The first-order valence-electron chi connectivity index (χ1n) is 10.8. The third-order valence-corrected chi connectivity index (χ3v) is 6.08. The number of anilines is 1. The van der Waals surface area contributed by atoms with Gasteiger partial charge in [-0.3, -0.25) is 4.99 Å². The summed E-state index contributed by atoms with van der Waals surface area (Å²) in [7, 11) is 3.82. The van der Waals surface area contributed by atoms with Crippen molar-refractivity contribution in [2.24, 2.45) is 4.99 Å². The summed E-state index contributed by atoms with van der Waals surface area (Å²) < 4.78 is 11.7. The lowest BCUT2D eigenvalue weighted by atomic mass is 9.88. The third kappa shape index (κ3) is 4.26. The van der Waals surface area contributed by atoms with Gasteiger partial charge < -0.3 is 14.4 Å². The molecule has 1 heterocycles. The zero-order chi connectivity index (χ0) is 22.9. The molecule has 0 saturated heterocycles. The minimum Gasteiger partial charge on any atom is -0.496 e. The Labute approximate surface area is 190 Å². The fraction of sp³-hybridized carbons (Fsp3) is 0.250. The van der Waals surface area contributed by atoms with Crippen LogP contribution >= 0.6 is 0 Å². The molecule has 0 saturated carbocycles. The monoisotopic (exact) mass is 426 g/mol. The Bertz CT molecular complexity index is 1190. The lowest BCUT2D eigenvalue weighted by Crippen LogP contribution is -2.42. The predicted molar refractivity (Wildman–Crippen MR) is 134 cm³/mol. The van der Waals surface area contributed by atoms with Crippen LogP contribution in [0.3, 0.4) is 0 Å². The molecule has 0 atom stereocenters. The largest absolute Gasteiger partial charge is 0.496 e. The van der Waals surface area contributed by atoms with Gasteiger partial charge in [-0.1, -0.05) is 24.3 Å². The highest BCUT2D eigenvalue weighted by molar-refractivity contribution is 5.91. The number of ether oxygens (including phenoxy) is 2. The van der Waals surface area contributed by atoms with E-state index in [1.165, 1.54) is 16.8 Å². The first kappa shape index (κ1) is 21.7. The number of para-hydroxylation sites is 1. The molecule has 4 rings (SSSR count). The number of aliphatic imine (C=N–C) groups is 1. The van der Waals surface area contributed by atoms with Gasteiger partial charge in [0.1, 0.15) is 17.2 Å². The summed E-state index contributed by atoms with van der Waals surface area (Å²) in [6, 6.07) is 20.0. The molecule has 0 radical (unpaired) electrons. The van der Waals surface area contributed by atoms with Crippen molar-refractivity contribution in [2.45, 2.75) is 33.2 Å². The van der Waals surface area contributed by atoms with E-state index in [9.17, 15) is 0 Å². The van der Waals surface area contributed by atoms with Crippen LogP contribution in [0.4, 0.5) is 11.4 Å². The zero-order valence-electron chi connectivity index (χ0n) is 19.6. The number of hydrogen-bond donors (Lipinski definition) is 0. The number of rotatable bonds is 5. The molecule has 164 valence electrons. The Morgan fingerprint density at radius 3 is 2.34 bits per heavy atom. The Morgan fingerprint density at radius 2 is 1.66 bits per heavy atom. The molecule has 3 aromatic carbocycles. The van der Waals surface area contributed by atoms with E-state index < -0.39 is 0 Å². The standard InChI is InChI=1S/C28H30N2O2/c1-19-9-7-8-10-26(19)32-23-13-11-22(12-14-23)29-18-21-15-24-20(2)17-28(3,4)30(5)25(24)16-27(21)31-6/h7-18H,1-6H3. The van der Waals surface area contributed by atoms with Gasteiger partial charge in [0.2, 0.25) is 0 Å². The highest BCUT2D eigenvalue weighted by Gasteiger charge is 2.29. The lowest BCUT2D eigenvalue weighted by molar-refractivity contribution is 0.414. The lowest BCUT2D eigenvalue weighted by Gasteiger charge is -2.40. The normalized spacial score (nSPS) is 14.8. The third-order valence-electron chi connectivity index (χ3n) is 6.08. The number of benzene rings is 3. The minimum absolute atomic E-state index is 0.0419. The Kier molecular flexibility index (Phi) is 5.79. The van der Waals surface area contributed by atoms with Gasteiger partial charge in [0, 0.05) is 36.1 Å². The van der Waals surface area contributed by atoms with Gasteiger partial charge in [0.15, 0.2) is 0 Å². The maximum atomic E-state index is 5.98. The van der Waals surface area contributed by atoms with Gasteiger partial charge in [0.05, 0.1) is 18.3 Å². The van der Waals surface area contributed by atoms with Gasteiger partial charge in [-0.05, 0) is 75.2 Å². The van der Waals surface area contributed by atoms with Crippen LogP contribution in [0, 0.1) is 6.92 Å². The van der Waals surface area contributed by atoms with Crippen molar-refractivity contribution in [2.75, 3.05) is 19.1 Å². The van der Waals surface area contributed by atoms with E-state index in [1.807, 2.05) is 61.7 Å². The number of likely N-dealkylation sites (N-methyl/N-ethyl adjacent to an activating group) is 1. The van der Waals surface area contributed by atoms with Crippen molar-refractivity contribution in [3.63, 3.8) is 0 Å². The summed E-state index contributed by atoms with van der Waals surface area (Å²) in [5, 5.41) is 0. The first-order valence-corrected chi connectivity index (χ1v) is 10.8. The van der Waals surface area contributed by atoms with Crippen LogP contribution in [0.1, 0.15) is 37.5 Å². The number of nitrogens with zero attached hydrogens (tertiary/aromatic N) is 2. The molecule has 0 N–H and O–H groups in total. The molecule has 0 aromatic heterocycles. The number of fused-ring (bicyclic) bond motifs is 1. The van der Waals surface area contributed by atoms with Gasteiger partial charge >= 0.3 is 0 Å². The van der Waals surface area contributed by atoms with Gasteiger partial charge in [-0.15, -0.1) is 0 Å². The summed E-state index contributed by atoms with van der Waals surface area (Å²) in [4.78, 5) is 6.96. The molecule has 3 aromatic rings. The molecule has 4 heteroatoms. The minimum atomic E-state index is -0.0419. The van der Waals surface area contributed by atoms with Crippen LogP contribution in [-0.2, 0) is 0 Å². The Hall–Kier alpha value is -3.53.